The summed E-state index contributed by atoms with van der Waals surface area (Å²) in [5, 5.41) is 3.79. The number of hydrogen-bond donors (Lipinski definition) is 1. The van der Waals surface area contributed by atoms with Gasteiger partial charge >= 0.3 is 0 Å². The zero-order chi connectivity index (χ0) is 13.1. The van der Waals surface area contributed by atoms with Gasteiger partial charge in [0.1, 0.15) is 0 Å². The fourth-order valence-corrected chi connectivity index (χ4v) is 3.92. The highest BCUT2D eigenvalue weighted by Crippen LogP contribution is 2.44. The molecule has 19 heavy (non-hydrogen) atoms. The van der Waals surface area contributed by atoms with Crippen LogP contribution in [0.15, 0.2) is 0 Å². The summed E-state index contributed by atoms with van der Waals surface area (Å²) < 4.78 is 6.17. The maximum atomic E-state index is 6.17. The number of rotatable bonds is 8. The quantitative estimate of drug-likeness (QED) is 0.675. The van der Waals surface area contributed by atoms with E-state index >= 15 is 0 Å². The Labute approximate surface area is 118 Å². The van der Waals surface area contributed by atoms with Crippen LogP contribution < -0.4 is 5.32 Å². The zero-order valence-electron chi connectivity index (χ0n) is 12.6. The first-order chi connectivity index (χ1) is 9.38. The van der Waals surface area contributed by atoms with Crippen LogP contribution in [0.5, 0.6) is 0 Å². The first kappa shape index (κ1) is 13.9. The van der Waals surface area contributed by atoms with Gasteiger partial charge in [-0.3, -0.25) is 0 Å². The van der Waals surface area contributed by atoms with Crippen LogP contribution in [-0.4, -0.2) is 25.3 Å². The van der Waals surface area contributed by atoms with Crippen molar-refractivity contribution >= 4 is 0 Å². The van der Waals surface area contributed by atoms with Crippen molar-refractivity contribution < 1.29 is 4.74 Å². The van der Waals surface area contributed by atoms with Crippen LogP contribution in [0.2, 0.25) is 0 Å². The molecule has 0 saturated heterocycles. The van der Waals surface area contributed by atoms with Crippen molar-refractivity contribution in [1.29, 1.82) is 0 Å². The molecule has 3 aliphatic carbocycles. The lowest BCUT2D eigenvalue weighted by Gasteiger charge is -2.31. The lowest BCUT2D eigenvalue weighted by molar-refractivity contribution is -0.0112. The Hall–Kier alpha value is -0.0800. The Bertz CT molecular complexity index is 260. The summed E-state index contributed by atoms with van der Waals surface area (Å²) in [7, 11) is 0. The molecular formula is C17H31NO. The minimum Gasteiger partial charge on any atom is -0.377 e. The first-order valence-corrected chi connectivity index (χ1v) is 8.73. The molecule has 2 unspecified atom stereocenters. The Balaban J connectivity index is 1.33. The smallest absolute Gasteiger partial charge is 0.0603 e. The van der Waals surface area contributed by atoms with Gasteiger partial charge in [-0.15, -0.1) is 0 Å². The third-order valence-corrected chi connectivity index (χ3v) is 5.44. The Morgan fingerprint density at radius 3 is 2.32 bits per heavy atom. The topological polar surface area (TPSA) is 21.3 Å². The van der Waals surface area contributed by atoms with Crippen LogP contribution in [0, 0.1) is 17.8 Å². The minimum absolute atomic E-state index is 0.556. The van der Waals surface area contributed by atoms with Crippen LogP contribution >= 0.6 is 0 Å². The maximum Gasteiger partial charge on any atom is 0.0603 e. The van der Waals surface area contributed by atoms with Crippen molar-refractivity contribution in [1.82, 2.24) is 5.32 Å². The number of ether oxygens (including phenoxy) is 1. The van der Waals surface area contributed by atoms with Gasteiger partial charge in [0.25, 0.3) is 0 Å². The second-order valence-electron chi connectivity index (χ2n) is 7.02. The van der Waals surface area contributed by atoms with Crippen LogP contribution in [0.4, 0.5) is 0 Å². The third-order valence-electron chi connectivity index (χ3n) is 5.44. The van der Waals surface area contributed by atoms with Crippen LogP contribution in [0.1, 0.15) is 64.7 Å². The highest BCUT2D eigenvalue weighted by Gasteiger charge is 2.40. The summed E-state index contributed by atoms with van der Waals surface area (Å²) in [5.74, 6) is 2.84. The molecule has 2 atom stereocenters. The van der Waals surface area contributed by atoms with Gasteiger partial charge in [0.05, 0.1) is 12.7 Å². The maximum absolute atomic E-state index is 6.17. The predicted octanol–water partition coefficient (Wildman–Crippen LogP) is 3.75. The number of hydrogen-bond acceptors (Lipinski definition) is 2. The van der Waals surface area contributed by atoms with Gasteiger partial charge in [-0.1, -0.05) is 26.2 Å². The second kappa shape index (κ2) is 6.58. The van der Waals surface area contributed by atoms with Crippen molar-refractivity contribution in [3.63, 3.8) is 0 Å². The van der Waals surface area contributed by atoms with E-state index in [-0.39, 0.29) is 0 Å². The van der Waals surface area contributed by atoms with Crippen LogP contribution in [-0.2, 0) is 4.74 Å². The van der Waals surface area contributed by atoms with Gasteiger partial charge in [0.15, 0.2) is 0 Å². The van der Waals surface area contributed by atoms with E-state index < -0.39 is 0 Å². The molecule has 0 aliphatic heterocycles. The normalized spacial score (nSPS) is 31.9. The molecule has 2 nitrogen and oxygen atoms in total. The molecule has 0 aromatic rings. The SMILES string of the molecule is CCC1CCCCC1OCCNC(C1CC1)C1CC1. The van der Waals surface area contributed by atoms with Crippen molar-refractivity contribution in [3.8, 4) is 0 Å². The number of nitrogens with one attached hydrogen (secondary N) is 1. The molecule has 3 fully saturated rings. The minimum atomic E-state index is 0.556. The standard InChI is InChI=1S/C17H31NO/c1-2-13-5-3-4-6-16(13)19-12-11-18-17(14-7-8-14)15-9-10-15/h13-18H,2-12H2,1H3. The van der Waals surface area contributed by atoms with Gasteiger partial charge in [0, 0.05) is 12.6 Å². The van der Waals surface area contributed by atoms with E-state index in [9.17, 15) is 0 Å². The van der Waals surface area contributed by atoms with Crippen molar-refractivity contribution in [2.75, 3.05) is 13.2 Å². The molecule has 3 rings (SSSR count). The molecule has 0 bridgehead atoms. The fraction of sp³-hybridized carbons (Fsp3) is 1.00. The molecule has 2 heteroatoms. The van der Waals surface area contributed by atoms with Crippen LogP contribution in [0.3, 0.4) is 0 Å². The molecule has 0 aromatic carbocycles. The van der Waals surface area contributed by atoms with E-state index in [4.69, 9.17) is 4.74 Å². The molecule has 0 radical (unpaired) electrons. The van der Waals surface area contributed by atoms with E-state index in [0.717, 1.165) is 36.9 Å². The van der Waals surface area contributed by atoms with E-state index in [1.165, 1.54) is 57.8 Å². The van der Waals surface area contributed by atoms with Crippen molar-refractivity contribution in [2.24, 2.45) is 17.8 Å². The highest BCUT2D eigenvalue weighted by molar-refractivity contribution is 4.96. The summed E-state index contributed by atoms with van der Waals surface area (Å²) >= 11 is 0. The Morgan fingerprint density at radius 1 is 1.00 bits per heavy atom. The van der Waals surface area contributed by atoms with Gasteiger partial charge < -0.3 is 10.1 Å². The van der Waals surface area contributed by atoms with Gasteiger partial charge in [-0.05, 0) is 56.3 Å². The van der Waals surface area contributed by atoms with E-state index in [1.807, 2.05) is 0 Å². The van der Waals surface area contributed by atoms with Crippen molar-refractivity contribution in [3.05, 3.63) is 0 Å². The molecule has 3 saturated carbocycles. The first-order valence-electron chi connectivity index (χ1n) is 8.73. The third kappa shape index (κ3) is 3.95. The highest BCUT2D eigenvalue weighted by atomic mass is 16.5. The predicted molar refractivity (Wildman–Crippen MR) is 79.2 cm³/mol. The molecule has 0 amide bonds. The molecule has 1 N–H and O–H groups in total. The second-order valence-corrected chi connectivity index (χ2v) is 7.02. The molecule has 3 aliphatic rings. The van der Waals surface area contributed by atoms with Crippen molar-refractivity contribution in [2.45, 2.75) is 76.9 Å². The summed E-state index contributed by atoms with van der Waals surface area (Å²) in [4.78, 5) is 0. The summed E-state index contributed by atoms with van der Waals surface area (Å²) in [6.07, 6.45) is 13.2. The summed E-state index contributed by atoms with van der Waals surface area (Å²) in [6.45, 7) is 4.32. The monoisotopic (exact) mass is 265 g/mol. The average molecular weight is 265 g/mol. The molecule has 0 aromatic heterocycles. The molecular weight excluding hydrogens is 234 g/mol. The summed E-state index contributed by atoms with van der Waals surface area (Å²) in [5.41, 5.74) is 0. The largest absolute Gasteiger partial charge is 0.377 e. The van der Waals surface area contributed by atoms with E-state index in [1.54, 1.807) is 0 Å². The van der Waals surface area contributed by atoms with Gasteiger partial charge in [0.2, 0.25) is 0 Å². The summed E-state index contributed by atoms with van der Waals surface area (Å²) in [6, 6.07) is 0.830. The molecule has 0 spiro atoms. The lowest BCUT2D eigenvalue weighted by atomic mass is 9.85. The fourth-order valence-electron chi connectivity index (χ4n) is 3.92. The van der Waals surface area contributed by atoms with E-state index in [2.05, 4.69) is 12.2 Å². The average Bonchev–Trinajstić information content (AvgIpc) is 3.31. The van der Waals surface area contributed by atoms with Crippen LogP contribution in [0.25, 0.3) is 0 Å². The Morgan fingerprint density at radius 2 is 1.68 bits per heavy atom. The van der Waals surface area contributed by atoms with E-state index in [0.29, 0.717) is 6.10 Å². The zero-order valence-corrected chi connectivity index (χ0v) is 12.6. The lowest BCUT2D eigenvalue weighted by Crippen LogP contribution is -2.37. The van der Waals surface area contributed by atoms with Gasteiger partial charge in [-0.25, -0.2) is 0 Å². The molecule has 110 valence electrons. The molecule has 0 heterocycles. The van der Waals surface area contributed by atoms with Gasteiger partial charge in [-0.2, -0.15) is 0 Å². The Kier molecular flexibility index (Phi) is 4.81.